The summed E-state index contributed by atoms with van der Waals surface area (Å²) in [5.41, 5.74) is 15.6. The monoisotopic (exact) mass is 788 g/mol. The Morgan fingerprint density at radius 2 is 0.885 bits per heavy atom. The van der Waals surface area contributed by atoms with Gasteiger partial charge in [0.2, 0.25) is 0 Å². The van der Waals surface area contributed by atoms with Gasteiger partial charge in [-0.15, -0.1) is 0 Å². The highest BCUT2D eigenvalue weighted by Crippen LogP contribution is 2.65. The Bertz CT molecular complexity index is 2860. The van der Waals surface area contributed by atoms with E-state index in [2.05, 4.69) is 218 Å². The standard InChI is InChI=1S/C59H52N2/c1-58(2)55-22-12-11-21-53(55)54-33-32-51(39-56(54)58)60(47-16-5-3-6-17-47)49-28-24-43(25-29-49)59(45-35-40-34-41(37-45)38-46(59)36-40)44-26-30-50(31-27-44)61(48-18-7-4-8-19-48)57-23-13-15-42-14-9-10-20-52(42)57/h3-33,39-41,45-46H,34-38H2,1-2H3. The molecule has 4 saturated carbocycles. The van der Waals surface area contributed by atoms with E-state index in [0.717, 1.165) is 11.8 Å². The van der Waals surface area contributed by atoms with Crippen LogP contribution in [0.15, 0.2) is 194 Å². The molecule has 0 aromatic heterocycles. The second-order valence-corrected chi connectivity index (χ2v) is 19.0. The van der Waals surface area contributed by atoms with Gasteiger partial charge in [-0.1, -0.05) is 141 Å². The predicted molar refractivity (Wildman–Crippen MR) is 255 cm³/mol. The van der Waals surface area contributed by atoms with Gasteiger partial charge in [-0.05, 0) is 161 Å². The highest BCUT2D eigenvalue weighted by Gasteiger charge is 2.58. The van der Waals surface area contributed by atoms with Crippen molar-refractivity contribution in [1.82, 2.24) is 0 Å². The molecule has 4 bridgehead atoms. The van der Waals surface area contributed by atoms with Crippen molar-refractivity contribution in [3.63, 3.8) is 0 Å². The molecule has 2 heteroatoms. The van der Waals surface area contributed by atoms with Crippen molar-refractivity contribution >= 4 is 44.9 Å². The van der Waals surface area contributed by atoms with Gasteiger partial charge in [-0.25, -0.2) is 0 Å². The Hall–Kier alpha value is -6.38. The fraction of sp³-hybridized carbons (Fsp3) is 0.220. The highest BCUT2D eigenvalue weighted by molar-refractivity contribution is 5.99. The molecule has 8 aromatic carbocycles. The summed E-state index contributed by atoms with van der Waals surface area (Å²) in [5.74, 6) is 3.04. The lowest BCUT2D eigenvalue weighted by Crippen LogP contribution is -2.56. The summed E-state index contributed by atoms with van der Waals surface area (Å²) in [5, 5.41) is 2.51. The van der Waals surface area contributed by atoms with E-state index < -0.39 is 0 Å². The SMILES string of the molecule is CC1(C)c2ccccc2-c2ccc(N(c3ccccc3)c3ccc(C4(c5ccc(N(c6ccccc6)c6cccc7ccccc67)cc5)C5CC6CC(C5)CC4C6)cc3)cc21. The second kappa shape index (κ2) is 14.1. The smallest absolute Gasteiger partial charge is 0.0540 e. The molecule has 298 valence electrons. The highest BCUT2D eigenvalue weighted by atomic mass is 15.1. The van der Waals surface area contributed by atoms with Crippen molar-refractivity contribution in [1.29, 1.82) is 0 Å². The van der Waals surface area contributed by atoms with Crippen molar-refractivity contribution < 1.29 is 0 Å². The van der Waals surface area contributed by atoms with Crippen LogP contribution in [0.5, 0.6) is 0 Å². The second-order valence-electron chi connectivity index (χ2n) is 19.0. The summed E-state index contributed by atoms with van der Waals surface area (Å²) in [6, 6.07) is 73.1. The van der Waals surface area contributed by atoms with Gasteiger partial charge in [0.1, 0.15) is 0 Å². The molecule has 13 rings (SSSR count). The van der Waals surface area contributed by atoms with Gasteiger partial charge in [-0.2, -0.15) is 0 Å². The number of para-hydroxylation sites is 2. The van der Waals surface area contributed by atoms with Crippen LogP contribution >= 0.6 is 0 Å². The maximum atomic E-state index is 2.51. The van der Waals surface area contributed by atoms with E-state index in [9.17, 15) is 0 Å². The molecule has 0 unspecified atom stereocenters. The van der Waals surface area contributed by atoms with Gasteiger partial charge in [0.05, 0.1) is 5.69 Å². The molecule has 0 heterocycles. The Balaban J connectivity index is 0.962. The molecule has 0 spiro atoms. The fourth-order valence-corrected chi connectivity index (χ4v) is 13.1. The maximum absolute atomic E-state index is 2.51. The quantitative estimate of drug-likeness (QED) is 0.151. The van der Waals surface area contributed by atoms with Crippen molar-refractivity contribution in [2.24, 2.45) is 23.7 Å². The number of rotatable bonds is 8. The third-order valence-corrected chi connectivity index (χ3v) is 15.5. The van der Waals surface area contributed by atoms with E-state index in [-0.39, 0.29) is 10.8 Å². The first-order valence-electron chi connectivity index (χ1n) is 22.6. The van der Waals surface area contributed by atoms with Gasteiger partial charge in [-0.3, -0.25) is 0 Å². The first kappa shape index (κ1) is 36.5. The molecule has 5 aliphatic rings. The van der Waals surface area contributed by atoms with Crippen molar-refractivity contribution in [2.45, 2.75) is 56.8 Å². The van der Waals surface area contributed by atoms with Crippen LogP contribution in [-0.4, -0.2) is 0 Å². The molecule has 0 atom stereocenters. The number of anilines is 6. The molecule has 5 aliphatic carbocycles. The Morgan fingerprint density at radius 3 is 1.54 bits per heavy atom. The van der Waals surface area contributed by atoms with Gasteiger partial charge >= 0.3 is 0 Å². The predicted octanol–water partition coefficient (Wildman–Crippen LogP) is 15.8. The van der Waals surface area contributed by atoms with Crippen LogP contribution in [0.4, 0.5) is 34.1 Å². The zero-order valence-electron chi connectivity index (χ0n) is 35.2. The van der Waals surface area contributed by atoms with Crippen molar-refractivity contribution in [3.8, 4) is 11.1 Å². The van der Waals surface area contributed by atoms with E-state index >= 15 is 0 Å². The Labute approximate surface area is 361 Å². The van der Waals surface area contributed by atoms with Gasteiger partial charge in [0, 0.05) is 44.7 Å². The summed E-state index contributed by atoms with van der Waals surface area (Å²) in [7, 11) is 0. The molecule has 61 heavy (non-hydrogen) atoms. The molecule has 4 fully saturated rings. The maximum Gasteiger partial charge on any atom is 0.0540 e. The van der Waals surface area contributed by atoms with Crippen molar-refractivity contribution in [2.75, 3.05) is 9.80 Å². The summed E-state index contributed by atoms with van der Waals surface area (Å²) in [4.78, 5) is 4.91. The largest absolute Gasteiger partial charge is 0.310 e. The van der Waals surface area contributed by atoms with E-state index in [1.165, 1.54) is 110 Å². The van der Waals surface area contributed by atoms with Gasteiger partial charge in [0.15, 0.2) is 0 Å². The number of benzene rings is 8. The van der Waals surface area contributed by atoms with Crippen LogP contribution in [0.25, 0.3) is 21.9 Å². The van der Waals surface area contributed by atoms with Crippen LogP contribution in [0.1, 0.15) is 68.2 Å². The van der Waals surface area contributed by atoms with Crippen LogP contribution < -0.4 is 9.80 Å². The fourth-order valence-electron chi connectivity index (χ4n) is 13.1. The van der Waals surface area contributed by atoms with E-state index in [1.807, 2.05) is 0 Å². The average Bonchev–Trinajstić information content (AvgIpc) is 3.53. The number of fused-ring (bicyclic) bond motifs is 4. The molecule has 2 nitrogen and oxygen atoms in total. The molecular formula is C59H52N2. The minimum absolute atomic E-state index is 0.0115. The molecule has 0 saturated heterocycles. The van der Waals surface area contributed by atoms with Crippen LogP contribution in [0, 0.1) is 23.7 Å². The minimum Gasteiger partial charge on any atom is -0.310 e. The topological polar surface area (TPSA) is 6.48 Å². The zero-order valence-corrected chi connectivity index (χ0v) is 35.2. The first-order valence-corrected chi connectivity index (χ1v) is 22.6. The van der Waals surface area contributed by atoms with E-state index in [0.29, 0.717) is 11.8 Å². The van der Waals surface area contributed by atoms with Gasteiger partial charge < -0.3 is 9.80 Å². The molecule has 0 N–H and O–H groups in total. The molecule has 0 radical (unpaired) electrons. The van der Waals surface area contributed by atoms with Crippen molar-refractivity contribution in [3.05, 3.63) is 216 Å². The molecule has 8 aromatic rings. The normalized spacial score (nSPS) is 22.8. The Morgan fingerprint density at radius 1 is 0.393 bits per heavy atom. The lowest BCUT2D eigenvalue weighted by molar-refractivity contribution is -0.0418. The number of hydrogen-bond acceptors (Lipinski definition) is 2. The number of nitrogens with zero attached hydrogens (tertiary/aromatic N) is 2. The summed E-state index contributed by atoms with van der Waals surface area (Å²) < 4.78 is 0. The molecule has 0 aliphatic heterocycles. The van der Waals surface area contributed by atoms with Crippen LogP contribution in [0.2, 0.25) is 0 Å². The molecule has 0 amide bonds. The summed E-state index contributed by atoms with van der Waals surface area (Å²) in [6.45, 7) is 4.76. The van der Waals surface area contributed by atoms with E-state index in [1.54, 1.807) is 0 Å². The van der Waals surface area contributed by atoms with Crippen LogP contribution in [0.3, 0.4) is 0 Å². The molecular weight excluding hydrogens is 737 g/mol. The van der Waals surface area contributed by atoms with E-state index in [4.69, 9.17) is 0 Å². The third-order valence-electron chi connectivity index (χ3n) is 15.5. The number of hydrogen-bond donors (Lipinski definition) is 0. The Kier molecular flexibility index (Phi) is 8.43. The summed E-state index contributed by atoms with van der Waals surface area (Å²) in [6.07, 6.45) is 6.79. The lowest BCUT2D eigenvalue weighted by atomic mass is 9.42. The van der Waals surface area contributed by atoms with Crippen LogP contribution in [-0.2, 0) is 10.8 Å². The minimum atomic E-state index is -0.0669. The van der Waals surface area contributed by atoms with Gasteiger partial charge in [0.25, 0.3) is 0 Å². The zero-order chi connectivity index (χ0) is 40.7. The lowest BCUT2D eigenvalue weighted by Gasteiger charge is -2.62. The average molecular weight is 789 g/mol. The summed E-state index contributed by atoms with van der Waals surface area (Å²) >= 11 is 0. The third kappa shape index (κ3) is 5.68. The first-order chi connectivity index (χ1) is 30.0.